The zero-order valence-corrected chi connectivity index (χ0v) is 12.0. The number of hydrogen-bond acceptors (Lipinski definition) is 4. The van der Waals surface area contributed by atoms with Crippen LogP contribution in [0.4, 0.5) is 23.7 Å². The van der Waals surface area contributed by atoms with E-state index in [-0.39, 0.29) is 18.3 Å². The maximum absolute atomic E-state index is 12.2. The lowest BCUT2D eigenvalue weighted by atomic mass is 10.3. The van der Waals surface area contributed by atoms with Crippen LogP contribution in [0.1, 0.15) is 13.8 Å². The van der Waals surface area contributed by atoms with E-state index < -0.39 is 24.1 Å². The molecule has 0 saturated heterocycles. The molecule has 22 heavy (non-hydrogen) atoms. The number of benzene rings is 1. The zero-order valence-electron chi connectivity index (χ0n) is 12.0. The molecule has 122 valence electrons. The third kappa shape index (κ3) is 6.82. The van der Waals surface area contributed by atoms with Crippen molar-refractivity contribution >= 4 is 17.6 Å². The van der Waals surface area contributed by atoms with Gasteiger partial charge >= 0.3 is 12.4 Å². The van der Waals surface area contributed by atoms with Gasteiger partial charge < -0.3 is 15.4 Å². The summed E-state index contributed by atoms with van der Waals surface area (Å²) in [7, 11) is 0. The highest BCUT2D eigenvalue weighted by Gasteiger charge is 2.32. The van der Waals surface area contributed by atoms with Gasteiger partial charge in [0, 0.05) is 6.04 Å². The second kappa shape index (κ2) is 7.53. The first-order chi connectivity index (χ1) is 10.2. The van der Waals surface area contributed by atoms with Crippen molar-refractivity contribution in [1.82, 2.24) is 10.6 Å². The van der Waals surface area contributed by atoms with Crippen LogP contribution in [-0.4, -0.2) is 30.9 Å². The van der Waals surface area contributed by atoms with Gasteiger partial charge in [-0.2, -0.15) is 0 Å². The zero-order chi connectivity index (χ0) is 16.8. The van der Waals surface area contributed by atoms with E-state index in [2.05, 4.69) is 15.4 Å². The molecule has 0 radical (unpaired) electrons. The van der Waals surface area contributed by atoms with Gasteiger partial charge in [-0.15, -0.1) is 13.2 Å². The normalized spacial score (nSPS) is 11.0. The number of nitrogens with one attached hydrogen (secondary N) is 3. The summed E-state index contributed by atoms with van der Waals surface area (Å²) in [5, 5.41) is 6.95. The Labute approximate surface area is 125 Å². The number of urea groups is 1. The first kappa shape index (κ1) is 17.6. The van der Waals surface area contributed by atoms with E-state index >= 15 is 0 Å². The van der Waals surface area contributed by atoms with Crippen LogP contribution in [0.25, 0.3) is 0 Å². The van der Waals surface area contributed by atoms with Gasteiger partial charge in [0.15, 0.2) is 5.75 Å². The van der Waals surface area contributed by atoms with Gasteiger partial charge in [-0.3, -0.25) is 10.1 Å². The fraction of sp³-hybridized carbons (Fsp3) is 0.385. The van der Waals surface area contributed by atoms with E-state index in [4.69, 9.17) is 0 Å². The minimum atomic E-state index is -4.84. The maximum Gasteiger partial charge on any atom is 0.573 e. The Kier molecular flexibility index (Phi) is 6.02. The Morgan fingerprint density at radius 1 is 1.23 bits per heavy atom. The number of hydrogen-bond donors (Lipinski definition) is 3. The molecule has 0 aliphatic rings. The predicted octanol–water partition coefficient (Wildman–Crippen LogP) is 2.23. The lowest BCUT2D eigenvalue weighted by molar-refractivity contribution is -0.274. The number of alkyl halides is 3. The van der Waals surface area contributed by atoms with E-state index in [0.29, 0.717) is 0 Å². The molecule has 1 rings (SSSR count). The van der Waals surface area contributed by atoms with Crippen molar-refractivity contribution < 1.29 is 27.5 Å². The SMILES string of the molecule is CC(C)NC(=O)NC(=O)CNc1ccccc1OC(F)(F)F. The Hall–Kier alpha value is -2.45. The van der Waals surface area contributed by atoms with E-state index in [1.165, 1.54) is 18.2 Å². The molecule has 0 aliphatic heterocycles. The molecule has 0 heterocycles. The average Bonchev–Trinajstić information content (AvgIpc) is 2.34. The van der Waals surface area contributed by atoms with Gasteiger partial charge in [0.05, 0.1) is 12.2 Å². The standard InChI is InChI=1S/C13H16F3N3O3/c1-8(2)18-12(21)19-11(20)7-17-9-5-3-4-6-10(9)22-13(14,15)16/h3-6,8,17H,7H2,1-2H3,(H2,18,19,20,21). The van der Waals surface area contributed by atoms with Crippen LogP contribution in [-0.2, 0) is 4.79 Å². The molecule has 0 aliphatic carbocycles. The molecule has 0 saturated carbocycles. The van der Waals surface area contributed by atoms with Crippen LogP contribution in [0.3, 0.4) is 0 Å². The van der Waals surface area contributed by atoms with Crippen LogP contribution in [0, 0.1) is 0 Å². The van der Waals surface area contributed by atoms with Crippen molar-refractivity contribution in [3.8, 4) is 5.75 Å². The first-order valence-corrected chi connectivity index (χ1v) is 6.36. The molecule has 0 atom stereocenters. The Morgan fingerprint density at radius 3 is 2.45 bits per heavy atom. The fourth-order valence-electron chi connectivity index (χ4n) is 1.47. The number of para-hydroxylation sites is 2. The summed E-state index contributed by atoms with van der Waals surface area (Å²) >= 11 is 0. The molecule has 0 bridgehead atoms. The highest BCUT2D eigenvalue weighted by Crippen LogP contribution is 2.29. The number of carbonyl (C=O) groups is 2. The van der Waals surface area contributed by atoms with Crippen molar-refractivity contribution in [2.45, 2.75) is 26.3 Å². The molecule has 9 heteroatoms. The van der Waals surface area contributed by atoms with Crippen molar-refractivity contribution in [3.05, 3.63) is 24.3 Å². The molecule has 6 nitrogen and oxygen atoms in total. The second-order valence-electron chi connectivity index (χ2n) is 4.57. The van der Waals surface area contributed by atoms with Gasteiger partial charge in [-0.25, -0.2) is 4.79 Å². The van der Waals surface area contributed by atoms with Crippen molar-refractivity contribution in [2.24, 2.45) is 0 Å². The largest absolute Gasteiger partial charge is 0.573 e. The predicted molar refractivity (Wildman–Crippen MR) is 73.4 cm³/mol. The summed E-state index contributed by atoms with van der Waals surface area (Å²) in [5.74, 6) is -1.16. The van der Waals surface area contributed by atoms with Crippen LogP contribution < -0.4 is 20.7 Å². The molecule has 0 fully saturated rings. The summed E-state index contributed by atoms with van der Waals surface area (Å²) in [6, 6.07) is 4.45. The van der Waals surface area contributed by atoms with Crippen LogP contribution in [0.5, 0.6) is 5.75 Å². The lowest BCUT2D eigenvalue weighted by Crippen LogP contribution is -2.44. The quantitative estimate of drug-likeness (QED) is 0.777. The first-order valence-electron chi connectivity index (χ1n) is 6.36. The monoisotopic (exact) mass is 319 g/mol. The number of amides is 3. The van der Waals surface area contributed by atoms with Crippen molar-refractivity contribution in [2.75, 3.05) is 11.9 Å². The fourth-order valence-corrected chi connectivity index (χ4v) is 1.47. The topological polar surface area (TPSA) is 79.5 Å². The highest BCUT2D eigenvalue weighted by molar-refractivity contribution is 5.96. The van der Waals surface area contributed by atoms with Crippen LogP contribution in [0.2, 0.25) is 0 Å². The summed E-state index contributed by atoms with van der Waals surface area (Å²) < 4.78 is 40.5. The molecular weight excluding hydrogens is 303 g/mol. The number of carbonyl (C=O) groups excluding carboxylic acids is 2. The van der Waals surface area contributed by atoms with Crippen molar-refractivity contribution in [1.29, 1.82) is 0 Å². The minimum absolute atomic E-state index is 0.0146. The molecule has 0 unspecified atom stereocenters. The van der Waals surface area contributed by atoms with Gasteiger partial charge in [0.2, 0.25) is 5.91 Å². The Balaban J connectivity index is 2.57. The molecule has 1 aromatic carbocycles. The van der Waals surface area contributed by atoms with Crippen LogP contribution >= 0.6 is 0 Å². The Bertz CT molecular complexity index is 533. The smallest absolute Gasteiger partial charge is 0.404 e. The van der Waals surface area contributed by atoms with E-state index in [9.17, 15) is 22.8 Å². The molecule has 1 aromatic rings. The summed E-state index contributed by atoms with van der Waals surface area (Å²) in [4.78, 5) is 22.8. The second-order valence-corrected chi connectivity index (χ2v) is 4.57. The average molecular weight is 319 g/mol. The van der Waals surface area contributed by atoms with Crippen LogP contribution in [0.15, 0.2) is 24.3 Å². The number of imide groups is 1. The molecular formula is C13H16F3N3O3. The number of anilines is 1. The third-order valence-corrected chi connectivity index (χ3v) is 2.22. The molecule has 0 spiro atoms. The number of halogens is 3. The van der Waals surface area contributed by atoms with E-state index in [1.54, 1.807) is 13.8 Å². The number of ether oxygens (including phenoxy) is 1. The minimum Gasteiger partial charge on any atom is -0.404 e. The van der Waals surface area contributed by atoms with Gasteiger partial charge in [0.1, 0.15) is 0 Å². The number of rotatable bonds is 5. The summed E-state index contributed by atoms with van der Waals surface area (Å²) in [5.41, 5.74) is -0.0146. The van der Waals surface area contributed by atoms with Gasteiger partial charge in [-0.1, -0.05) is 12.1 Å². The van der Waals surface area contributed by atoms with Gasteiger partial charge in [0.25, 0.3) is 0 Å². The Morgan fingerprint density at radius 2 is 1.86 bits per heavy atom. The lowest BCUT2D eigenvalue weighted by Gasteiger charge is -2.14. The maximum atomic E-state index is 12.2. The molecule has 3 N–H and O–H groups in total. The van der Waals surface area contributed by atoms with E-state index in [1.807, 2.05) is 5.32 Å². The van der Waals surface area contributed by atoms with Crippen molar-refractivity contribution in [3.63, 3.8) is 0 Å². The molecule has 3 amide bonds. The molecule has 0 aromatic heterocycles. The van der Waals surface area contributed by atoms with Gasteiger partial charge in [-0.05, 0) is 26.0 Å². The highest BCUT2D eigenvalue weighted by atomic mass is 19.4. The summed E-state index contributed by atoms with van der Waals surface area (Å²) in [6.07, 6.45) is -4.84. The van der Waals surface area contributed by atoms with E-state index in [0.717, 1.165) is 6.07 Å². The summed E-state index contributed by atoms with van der Waals surface area (Å²) in [6.45, 7) is 3.05. The third-order valence-electron chi connectivity index (χ3n) is 2.22.